The first-order valence-corrected chi connectivity index (χ1v) is 7.05. The molecule has 2 aromatic carbocycles. The molecule has 1 N–H and O–H groups in total. The molecule has 0 saturated heterocycles. The highest BCUT2D eigenvalue weighted by Crippen LogP contribution is 2.20. The van der Waals surface area contributed by atoms with Gasteiger partial charge in [0.1, 0.15) is 11.4 Å². The van der Waals surface area contributed by atoms with Crippen molar-refractivity contribution >= 4 is 11.6 Å². The summed E-state index contributed by atoms with van der Waals surface area (Å²) in [5, 5.41) is 2.89. The summed E-state index contributed by atoms with van der Waals surface area (Å²) in [6.45, 7) is 6.01. The molecule has 0 bridgehead atoms. The first-order valence-electron chi connectivity index (χ1n) is 7.05. The van der Waals surface area contributed by atoms with Gasteiger partial charge in [-0.2, -0.15) is 0 Å². The molecule has 0 aliphatic rings. The van der Waals surface area contributed by atoms with E-state index in [0.717, 1.165) is 17.0 Å². The number of carbonyl (C=O) groups excluding carboxylic acids is 1. The maximum Gasteiger partial charge on any atom is 0.228 e. The summed E-state index contributed by atoms with van der Waals surface area (Å²) in [6, 6.07) is 17.1. The van der Waals surface area contributed by atoms with Crippen molar-refractivity contribution in [2.45, 2.75) is 32.8 Å². The topological polar surface area (TPSA) is 38.3 Å². The molecule has 0 aliphatic carbocycles. The van der Waals surface area contributed by atoms with Crippen molar-refractivity contribution in [1.29, 1.82) is 0 Å². The zero-order chi connectivity index (χ0) is 15.3. The third kappa shape index (κ3) is 5.30. The molecule has 1 amide bonds. The number of hydrogen-bond acceptors (Lipinski definition) is 2. The molecule has 21 heavy (non-hydrogen) atoms. The fraction of sp³-hybridized carbons (Fsp3) is 0.278. The Bertz CT molecular complexity index is 583. The van der Waals surface area contributed by atoms with Gasteiger partial charge in [-0.05, 0) is 50.6 Å². The molecule has 0 saturated carbocycles. The Morgan fingerprint density at radius 2 is 1.62 bits per heavy atom. The van der Waals surface area contributed by atoms with Crippen LogP contribution in [0, 0.1) is 0 Å². The minimum absolute atomic E-state index is 0.0225. The molecule has 3 heteroatoms. The molecule has 0 spiro atoms. The monoisotopic (exact) mass is 283 g/mol. The van der Waals surface area contributed by atoms with E-state index in [-0.39, 0.29) is 11.5 Å². The van der Waals surface area contributed by atoms with Gasteiger partial charge in [0.05, 0.1) is 6.42 Å². The second-order valence-electron chi connectivity index (χ2n) is 5.95. The first kappa shape index (κ1) is 15.1. The lowest BCUT2D eigenvalue weighted by Gasteiger charge is -2.21. The number of carbonyl (C=O) groups is 1. The fourth-order valence-electron chi connectivity index (χ4n) is 1.95. The van der Waals surface area contributed by atoms with Crippen molar-refractivity contribution in [2.75, 3.05) is 5.32 Å². The summed E-state index contributed by atoms with van der Waals surface area (Å²) in [5.74, 6) is 0.772. The molecular formula is C18H21NO2. The van der Waals surface area contributed by atoms with Crippen LogP contribution in [0.25, 0.3) is 0 Å². The molecule has 0 radical (unpaired) electrons. The van der Waals surface area contributed by atoms with Crippen LogP contribution in [0.5, 0.6) is 5.75 Å². The van der Waals surface area contributed by atoms with Gasteiger partial charge < -0.3 is 10.1 Å². The Hall–Kier alpha value is -2.29. The average Bonchev–Trinajstić information content (AvgIpc) is 2.40. The Morgan fingerprint density at radius 1 is 1.00 bits per heavy atom. The van der Waals surface area contributed by atoms with Crippen LogP contribution in [0.1, 0.15) is 26.3 Å². The van der Waals surface area contributed by atoms with Gasteiger partial charge in [0.25, 0.3) is 0 Å². The van der Waals surface area contributed by atoms with Crippen LogP contribution < -0.4 is 10.1 Å². The highest BCUT2D eigenvalue weighted by molar-refractivity contribution is 5.92. The van der Waals surface area contributed by atoms with E-state index in [0.29, 0.717) is 6.42 Å². The summed E-state index contributed by atoms with van der Waals surface area (Å²) >= 11 is 0. The lowest BCUT2D eigenvalue weighted by molar-refractivity contribution is -0.115. The summed E-state index contributed by atoms with van der Waals surface area (Å²) in [7, 11) is 0. The standard InChI is InChI=1S/C18H21NO2/c1-18(2,3)21-16-11-9-15(10-12-16)19-17(20)13-14-7-5-4-6-8-14/h4-12H,13H2,1-3H3,(H,19,20). The lowest BCUT2D eigenvalue weighted by Crippen LogP contribution is -2.22. The smallest absolute Gasteiger partial charge is 0.228 e. The van der Waals surface area contributed by atoms with E-state index in [2.05, 4.69) is 5.32 Å². The number of ether oxygens (including phenoxy) is 1. The second kappa shape index (κ2) is 6.44. The Morgan fingerprint density at radius 3 is 2.19 bits per heavy atom. The van der Waals surface area contributed by atoms with Gasteiger partial charge in [-0.1, -0.05) is 30.3 Å². The van der Waals surface area contributed by atoms with Gasteiger partial charge in [0.15, 0.2) is 0 Å². The zero-order valence-electron chi connectivity index (χ0n) is 12.7. The summed E-state index contributed by atoms with van der Waals surface area (Å²) in [6.07, 6.45) is 0.376. The number of hydrogen-bond donors (Lipinski definition) is 1. The van der Waals surface area contributed by atoms with Gasteiger partial charge in [0, 0.05) is 5.69 Å². The SMILES string of the molecule is CC(C)(C)Oc1ccc(NC(=O)Cc2ccccc2)cc1. The minimum atomic E-state index is -0.224. The van der Waals surface area contributed by atoms with Gasteiger partial charge in [-0.3, -0.25) is 4.79 Å². The van der Waals surface area contributed by atoms with Crippen LogP contribution in [-0.4, -0.2) is 11.5 Å². The van der Waals surface area contributed by atoms with Crippen LogP contribution in [0.3, 0.4) is 0 Å². The van der Waals surface area contributed by atoms with Crippen LogP contribution in [0.4, 0.5) is 5.69 Å². The van der Waals surface area contributed by atoms with Gasteiger partial charge in [0.2, 0.25) is 5.91 Å². The van der Waals surface area contributed by atoms with E-state index in [1.807, 2.05) is 75.4 Å². The third-order valence-corrected chi connectivity index (χ3v) is 2.77. The number of nitrogens with one attached hydrogen (secondary N) is 1. The van der Waals surface area contributed by atoms with Crippen LogP contribution in [0.15, 0.2) is 54.6 Å². The number of anilines is 1. The molecule has 0 aliphatic heterocycles. The maximum atomic E-state index is 12.0. The number of benzene rings is 2. The predicted octanol–water partition coefficient (Wildman–Crippen LogP) is 4.05. The van der Waals surface area contributed by atoms with E-state index in [9.17, 15) is 4.79 Å². The molecule has 0 unspecified atom stereocenters. The Balaban J connectivity index is 1.92. The van der Waals surface area contributed by atoms with Gasteiger partial charge >= 0.3 is 0 Å². The number of amides is 1. The van der Waals surface area contributed by atoms with E-state index in [4.69, 9.17) is 4.74 Å². The predicted molar refractivity (Wildman–Crippen MR) is 85.6 cm³/mol. The molecular weight excluding hydrogens is 262 g/mol. The van der Waals surface area contributed by atoms with Crippen LogP contribution in [0.2, 0.25) is 0 Å². The summed E-state index contributed by atoms with van der Waals surface area (Å²) in [4.78, 5) is 12.0. The highest BCUT2D eigenvalue weighted by atomic mass is 16.5. The summed E-state index contributed by atoms with van der Waals surface area (Å²) in [5.41, 5.74) is 1.55. The van der Waals surface area contributed by atoms with Crippen molar-refractivity contribution in [1.82, 2.24) is 0 Å². The largest absolute Gasteiger partial charge is 0.488 e. The van der Waals surface area contributed by atoms with Crippen molar-refractivity contribution in [3.05, 3.63) is 60.2 Å². The third-order valence-electron chi connectivity index (χ3n) is 2.77. The highest BCUT2D eigenvalue weighted by Gasteiger charge is 2.11. The summed E-state index contributed by atoms with van der Waals surface area (Å²) < 4.78 is 5.74. The first-order chi connectivity index (χ1) is 9.92. The van der Waals surface area contributed by atoms with E-state index in [1.54, 1.807) is 0 Å². The molecule has 0 atom stereocenters. The van der Waals surface area contributed by atoms with Crippen LogP contribution >= 0.6 is 0 Å². The maximum absolute atomic E-state index is 12.0. The van der Waals surface area contributed by atoms with Crippen LogP contribution in [-0.2, 0) is 11.2 Å². The molecule has 2 aromatic rings. The molecule has 110 valence electrons. The molecule has 0 heterocycles. The second-order valence-corrected chi connectivity index (χ2v) is 5.95. The normalized spacial score (nSPS) is 11.0. The van der Waals surface area contributed by atoms with Crippen molar-refractivity contribution < 1.29 is 9.53 Å². The quantitative estimate of drug-likeness (QED) is 0.919. The molecule has 3 nitrogen and oxygen atoms in total. The molecule has 0 aromatic heterocycles. The molecule has 0 fully saturated rings. The van der Waals surface area contributed by atoms with E-state index < -0.39 is 0 Å². The van der Waals surface area contributed by atoms with Crippen molar-refractivity contribution in [3.63, 3.8) is 0 Å². The zero-order valence-corrected chi connectivity index (χ0v) is 12.7. The minimum Gasteiger partial charge on any atom is -0.488 e. The molecule has 2 rings (SSSR count). The fourth-order valence-corrected chi connectivity index (χ4v) is 1.95. The van der Waals surface area contributed by atoms with Gasteiger partial charge in [-0.25, -0.2) is 0 Å². The Labute approximate surface area is 126 Å². The van der Waals surface area contributed by atoms with Crippen molar-refractivity contribution in [3.8, 4) is 5.75 Å². The van der Waals surface area contributed by atoms with Crippen molar-refractivity contribution in [2.24, 2.45) is 0 Å². The Kier molecular flexibility index (Phi) is 4.63. The lowest BCUT2D eigenvalue weighted by atomic mass is 10.1. The van der Waals surface area contributed by atoms with Gasteiger partial charge in [-0.15, -0.1) is 0 Å². The number of rotatable bonds is 4. The average molecular weight is 283 g/mol. The van der Waals surface area contributed by atoms with E-state index >= 15 is 0 Å². The van der Waals surface area contributed by atoms with E-state index in [1.165, 1.54) is 0 Å².